The van der Waals surface area contributed by atoms with Gasteiger partial charge < -0.3 is 9.64 Å². The van der Waals surface area contributed by atoms with Crippen molar-refractivity contribution in [3.8, 4) is 5.75 Å². The number of aryl methyl sites for hydroxylation is 2. The summed E-state index contributed by atoms with van der Waals surface area (Å²) in [6.07, 6.45) is 0. The normalized spacial score (nSPS) is 12.1. The Balaban J connectivity index is 2.04. The van der Waals surface area contributed by atoms with Gasteiger partial charge in [0.1, 0.15) is 12.4 Å². The molecule has 0 heterocycles. The van der Waals surface area contributed by atoms with Crippen LogP contribution in [0.3, 0.4) is 0 Å². The Kier molecular flexibility index (Phi) is 7.57. The summed E-state index contributed by atoms with van der Waals surface area (Å²) in [7, 11) is 4.82. The van der Waals surface area contributed by atoms with Gasteiger partial charge in [-0.1, -0.05) is 89.5 Å². The van der Waals surface area contributed by atoms with Crippen molar-refractivity contribution in [1.29, 1.82) is 0 Å². The van der Waals surface area contributed by atoms with Gasteiger partial charge in [-0.2, -0.15) is 0 Å². The summed E-state index contributed by atoms with van der Waals surface area (Å²) in [5.74, 6) is 1.05. The Bertz CT molecular complexity index is 1020. The third kappa shape index (κ3) is 6.42. The fourth-order valence-corrected chi connectivity index (χ4v) is 5.16. The molecule has 0 aliphatic heterocycles. The fourth-order valence-electron chi connectivity index (χ4n) is 3.77. The van der Waals surface area contributed by atoms with Crippen molar-refractivity contribution in [2.45, 2.75) is 53.2 Å². The van der Waals surface area contributed by atoms with E-state index in [0.29, 0.717) is 15.2 Å². The lowest BCUT2D eigenvalue weighted by atomic mass is 9.85. The van der Waals surface area contributed by atoms with E-state index in [1.807, 2.05) is 6.07 Å². The molecule has 164 valence electrons. The molecule has 3 rings (SSSR count). The van der Waals surface area contributed by atoms with Gasteiger partial charge in [-0.3, -0.25) is 0 Å². The summed E-state index contributed by atoms with van der Waals surface area (Å²) < 4.78 is 6.55. The lowest BCUT2D eigenvalue weighted by molar-refractivity contribution is 0.300. The Morgan fingerprint density at radius 2 is 1.55 bits per heavy atom. The number of ether oxygens (including phenoxy) is 1. The molecule has 3 heteroatoms. The maximum Gasteiger partial charge on any atom is 0.131 e. The van der Waals surface area contributed by atoms with E-state index >= 15 is 0 Å². The maximum absolute atomic E-state index is 6.55. The first kappa shape index (κ1) is 23.5. The number of hydrogen-bond acceptors (Lipinski definition) is 2. The monoisotopic (exact) mass is 433 g/mol. The molecule has 0 bridgehead atoms. The first-order chi connectivity index (χ1) is 14.6. The van der Waals surface area contributed by atoms with E-state index in [1.165, 1.54) is 38.4 Å². The minimum absolute atomic E-state index is 0.0109. The molecule has 3 aromatic rings. The van der Waals surface area contributed by atoms with Crippen LogP contribution in [0.5, 0.6) is 5.75 Å². The van der Waals surface area contributed by atoms with Gasteiger partial charge in [0.15, 0.2) is 0 Å². The molecular weight excluding hydrogens is 397 g/mol. The second kappa shape index (κ2) is 9.98. The second-order valence-electron chi connectivity index (χ2n) is 9.74. The van der Waals surface area contributed by atoms with E-state index in [0.717, 1.165) is 12.3 Å². The van der Waals surface area contributed by atoms with E-state index < -0.39 is 0 Å². The number of rotatable bonds is 7. The molecule has 0 aliphatic rings. The van der Waals surface area contributed by atoms with Crippen LogP contribution in [0, 0.1) is 13.8 Å². The van der Waals surface area contributed by atoms with Crippen molar-refractivity contribution in [3.05, 3.63) is 88.5 Å². The zero-order valence-electron chi connectivity index (χ0n) is 20.0. The molecule has 0 aromatic heterocycles. The lowest BCUT2D eigenvalue weighted by Gasteiger charge is -2.26. The van der Waals surface area contributed by atoms with Crippen molar-refractivity contribution < 1.29 is 4.74 Å². The Hall–Kier alpha value is -2.15. The minimum Gasteiger partial charge on any atom is -0.488 e. The average Bonchev–Trinajstić information content (AvgIpc) is 2.68. The van der Waals surface area contributed by atoms with Gasteiger partial charge in [-0.15, -0.1) is 0 Å². The molecule has 0 saturated heterocycles. The van der Waals surface area contributed by atoms with Gasteiger partial charge in [0, 0.05) is 17.4 Å². The standard InChI is InChI=1S/C28H36NOP/c1-20-13-14-25(23(15-20)18-29(6)7)31-26-17-21(2)16-24(28(3,4)5)27(26)30-19-22-11-9-8-10-12-22/h8-17,31H,18-19H2,1-7H3. The molecule has 0 aliphatic carbocycles. The summed E-state index contributed by atoms with van der Waals surface area (Å²) in [5, 5.41) is 2.69. The van der Waals surface area contributed by atoms with Crippen molar-refractivity contribution >= 4 is 19.2 Å². The third-order valence-electron chi connectivity index (χ3n) is 5.28. The van der Waals surface area contributed by atoms with Gasteiger partial charge >= 0.3 is 0 Å². The summed E-state index contributed by atoms with van der Waals surface area (Å²) in [6, 6.07) is 21.9. The Labute approximate surface area is 190 Å². The summed E-state index contributed by atoms with van der Waals surface area (Å²) in [6.45, 7) is 12.7. The quantitative estimate of drug-likeness (QED) is 0.432. The van der Waals surface area contributed by atoms with Gasteiger partial charge in [0.05, 0.1) is 0 Å². The molecule has 31 heavy (non-hydrogen) atoms. The van der Waals surface area contributed by atoms with Gasteiger partial charge in [0.2, 0.25) is 0 Å². The van der Waals surface area contributed by atoms with Crippen LogP contribution in [0.1, 0.15) is 48.6 Å². The molecule has 1 unspecified atom stereocenters. The van der Waals surface area contributed by atoms with E-state index in [9.17, 15) is 0 Å². The van der Waals surface area contributed by atoms with Crippen LogP contribution in [-0.2, 0) is 18.6 Å². The van der Waals surface area contributed by atoms with Crippen LogP contribution in [-0.4, -0.2) is 19.0 Å². The highest BCUT2D eigenvalue weighted by Gasteiger charge is 2.23. The summed E-state index contributed by atoms with van der Waals surface area (Å²) in [4.78, 5) is 2.24. The number of hydrogen-bond donors (Lipinski definition) is 0. The van der Waals surface area contributed by atoms with Crippen LogP contribution < -0.4 is 15.3 Å². The van der Waals surface area contributed by atoms with Crippen LogP contribution in [0.4, 0.5) is 0 Å². The zero-order chi connectivity index (χ0) is 22.6. The van der Waals surface area contributed by atoms with Crippen molar-refractivity contribution in [1.82, 2.24) is 4.90 Å². The highest BCUT2D eigenvalue weighted by molar-refractivity contribution is 7.55. The van der Waals surface area contributed by atoms with Crippen LogP contribution in [0.25, 0.3) is 0 Å². The van der Waals surface area contributed by atoms with Crippen LogP contribution in [0.2, 0.25) is 0 Å². The first-order valence-electron chi connectivity index (χ1n) is 11.0. The summed E-state index contributed by atoms with van der Waals surface area (Å²) >= 11 is 0. The number of nitrogens with zero attached hydrogens (tertiary/aromatic N) is 1. The molecular formula is C28H36NOP. The van der Waals surface area contributed by atoms with Crippen molar-refractivity contribution in [2.75, 3.05) is 14.1 Å². The lowest BCUT2D eigenvalue weighted by Crippen LogP contribution is -2.21. The predicted octanol–water partition coefficient (Wildman–Crippen LogP) is 5.87. The Morgan fingerprint density at radius 3 is 2.19 bits per heavy atom. The molecule has 0 spiro atoms. The molecule has 1 atom stereocenters. The molecule has 0 saturated carbocycles. The smallest absolute Gasteiger partial charge is 0.131 e. The maximum atomic E-state index is 6.55. The third-order valence-corrected chi connectivity index (χ3v) is 6.68. The van der Waals surface area contributed by atoms with Gasteiger partial charge in [-0.25, -0.2) is 0 Å². The average molecular weight is 434 g/mol. The van der Waals surface area contributed by atoms with E-state index in [4.69, 9.17) is 4.74 Å². The highest BCUT2D eigenvalue weighted by Crippen LogP contribution is 2.35. The van der Waals surface area contributed by atoms with Gasteiger partial charge in [0.25, 0.3) is 0 Å². The van der Waals surface area contributed by atoms with Gasteiger partial charge in [-0.05, 0) is 61.4 Å². The van der Waals surface area contributed by atoms with E-state index in [-0.39, 0.29) is 5.41 Å². The van der Waals surface area contributed by atoms with E-state index in [2.05, 4.69) is 108 Å². The van der Waals surface area contributed by atoms with Crippen LogP contribution >= 0.6 is 8.58 Å². The van der Waals surface area contributed by atoms with E-state index in [1.54, 1.807) is 0 Å². The topological polar surface area (TPSA) is 12.5 Å². The second-order valence-corrected chi connectivity index (χ2v) is 11.1. The largest absolute Gasteiger partial charge is 0.488 e. The zero-order valence-corrected chi connectivity index (χ0v) is 21.0. The van der Waals surface area contributed by atoms with Crippen molar-refractivity contribution in [3.63, 3.8) is 0 Å². The highest BCUT2D eigenvalue weighted by atomic mass is 31.1. The molecule has 0 N–H and O–H groups in total. The molecule has 0 amide bonds. The molecule has 0 radical (unpaired) electrons. The SMILES string of the molecule is Cc1ccc(Pc2cc(C)cc(C(C)(C)C)c2OCc2ccccc2)c(CN(C)C)c1. The predicted molar refractivity (Wildman–Crippen MR) is 137 cm³/mol. The molecule has 2 nitrogen and oxygen atoms in total. The summed E-state index contributed by atoms with van der Waals surface area (Å²) in [5.41, 5.74) is 6.49. The van der Waals surface area contributed by atoms with Crippen LogP contribution in [0.15, 0.2) is 60.7 Å². The first-order valence-corrected chi connectivity index (χ1v) is 12.0. The van der Waals surface area contributed by atoms with Crippen molar-refractivity contribution in [2.24, 2.45) is 0 Å². The minimum atomic E-state index is 0.0109. The Morgan fingerprint density at radius 1 is 0.839 bits per heavy atom. The number of benzene rings is 3. The fraction of sp³-hybridized carbons (Fsp3) is 0.357. The molecule has 3 aromatic carbocycles. The molecule has 0 fully saturated rings.